The van der Waals surface area contributed by atoms with Gasteiger partial charge in [0.05, 0.1) is 4.99 Å². The van der Waals surface area contributed by atoms with Crippen molar-refractivity contribution < 1.29 is 0 Å². The van der Waals surface area contributed by atoms with Crippen molar-refractivity contribution >= 4 is 28.8 Å². The van der Waals surface area contributed by atoms with Crippen LogP contribution in [0.4, 0.5) is 0 Å². The van der Waals surface area contributed by atoms with Crippen LogP contribution in [0.5, 0.6) is 0 Å². The predicted molar refractivity (Wildman–Crippen MR) is 78.8 cm³/mol. The molecule has 0 aliphatic rings. The molecule has 92 valence electrons. The third kappa shape index (κ3) is 3.79. The molecule has 0 aliphatic heterocycles. The highest BCUT2D eigenvalue weighted by molar-refractivity contribution is 7.80. The fourth-order valence-electron chi connectivity index (χ4n) is 1.57. The number of thiocarbonyl (C=S) groups is 1. The van der Waals surface area contributed by atoms with Crippen molar-refractivity contribution in [2.75, 3.05) is 0 Å². The molecule has 1 N–H and O–H groups in total. The summed E-state index contributed by atoms with van der Waals surface area (Å²) in [5.41, 5.74) is 2.01. The third-order valence-corrected chi connectivity index (χ3v) is 3.16. The van der Waals surface area contributed by atoms with E-state index < -0.39 is 0 Å². The second kappa shape index (κ2) is 6.47. The van der Waals surface area contributed by atoms with E-state index in [9.17, 15) is 0 Å². The maximum Gasteiger partial charge on any atom is 0.0816 e. The first-order valence-corrected chi connectivity index (χ1v) is 6.44. The van der Waals surface area contributed by atoms with Crippen molar-refractivity contribution in [2.24, 2.45) is 0 Å². The van der Waals surface area contributed by atoms with Crippen molar-refractivity contribution in [1.29, 1.82) is 0 Å². The summed E-state index contributed by atoms with van der Waals surface area (Å²) in [7, 11) is 0. The number of nitrogens with zero attached hydrogens (tertiary/aromatic N) is 1. The molecule has 4 heteroatoms. The number of nitrogens with one attached hydrogen (secondary N) is 1. The Morgan fingerprint density at radius 3 is 2.67 bits per heavy atom. The van der Waals surface area contributed by atoms with Gasteiger partial charge in [-0.15, -0.1) is 0 Å². The fourth-order valence-corrected chi connectivity index (χ4v) is 1.99. The van der Waals surface area contributed by atoms with Crippen LogP contribution in [-0.4, -0.2) is 9.97 Å². The maximum atomic E-state index is 6.07. The van der Waals surface area contributed by atoms with Crippen molar-refractivity contribution in [2.45, 2.75) is 13.0 Å². The van der Waals surface area contributed by atoms with Gasteiger partial charge in [-0.3, -0.25) is 4.98 Å². The average Bonchev–Trinajstić information content (AvgIpc) is 2.39. The van der Waals surface area contributed by atoms with E-state index in [1.165, 1.54) is 0 Å². The summed E-state index contributed by atoms with van der Waals surface area (Å²) in [6.07, 6.45) is 2.42. The standard InChI is InChI=1S/C14H13ClN2S/c15-13-7-2-1-5-11(13)10-17-14(18)9-12-6-3-4-8-16-12/h1-8H,9-10H2,(H,17,18). The molecule has 0 amide bonds. The Morgan fingerprint density at radius 1 is 1.17 bits per heavy atom. The summed E-state index contributed by atoms with van der Waals surface area (Å²) >= 11 is 11.4. The second-order valence-corrected chi connectivity index (χ2v) is 4.77. The first-order valence-electron chi connectivity index (χ1n) is 5.66. The van der Waals surface area contributed by atoms with E-state index in [0.717, 1.165) is 21.3 Å². The van der Waals surface area contributed by atoms with E-state index >= 15 is 0 Å². The second-order valence-electron chi connectivity index (χ2n) is 3.87. The van der Waals surface area contributed by atoms with Gasteiger partial charge in [-0.1, -0.05) is 48.1 Å². The van der Waals surface area contributed by atoms with E-state index in [4.69, 9.17) is 23.8 Å². The van der Waals surface area contributed by atoms with Gasteiger partial charge in [0.25, 0.3) is 0 Å². The zero-order chi connectivity index (χ0) is 12.8. The Balaban J connectivity index is 1.88. The van der Waals surface area contributed by atoms with Crippen LogP contribution < -0.4 is 5.32 Å². The number of hydrogen-bond acceptors (Lipinski definition) is 2. The van der Waals surface area contributed by atoms with E-state index in [1.807, 2.05) is 42.5 Å². The lowest BCUT2D eigenvalue weighted by molar-refractivity contribution is 0.907. The normalized spacial score (nSPS) is 10.1. The molecule has 0 saturated carbocycles. The summed E-state index contributed by atoms with van der Waals surface area (Å²) < 4.78 is 0. The van der Waals surface area contributed by atoms with E-state index in [-0.39, 0.29) is 0 Å². The van der Waals surface area contributed by atoms with Crippen molar-refractivity contribution in [3.8, 4) is 0 Å². The maximum absolute atomic E-state index is 6.07. The van der Waals surface area contributed by atoms with Crippen LogP contribution in [0.1, 0.15) is 11.3 Å². The van der Waals surface area contributed by atoms with Gasteiger partial charge < -0.3 is 5.32 Å². The Labute approximate surface area is 117 Å². The lowest BCUT2D eigenvalue weighted by atomic mass is 10.2. The summed E-state index contributed by atoms with van der Waals surface area (Å²) in [6, 6.07) is 13.5. The highest BCUT2D eigenvalue weighted by Crippen LogP contribution is 2.14. The van der Waals surface area contributed by atoms with Gasteiger partial charge in [-0.05, 0) is 23.8 Å². The molecule has 0 radical (unpaired) electrons. The minimum Gasteiger partial charge on any atom is -0.375 e. The molecule has 0 saturated heterocycles. The van der Waals surface area contributed by atoms with Crippen molar-refractivity contribution in [3.63, 3.8) is 0 Å². The Kier molecular flexibility index (Phi) is 4.67. The van der Waals surface area contributed by atoms with Gasteiger partial charge in [-0.25, -0.2) is 0 Å². The monoisotopic (exact) mass is 276 g/mol. The smallest absolute Gasteiger partial charge is 0.0816 e. The lowest BCUT2D eigenvalue weighted by Crippen LogP contribution is -2.23. The first-order chi connectivity index (χ1) is 8.75. The van der Waals surface area contributed by atoms with Crippen LogP contribution in [0, 0.1) is 0 Å². The molecule has 0 atom stereocenters. The zero-order valence-corrected chi connectivity index (χ0v) is 11.3. The van der Waals surface area contributed by atoms with E-state index in [2.05, 4.69) is 10.3 Å². The predicted octanol–water partition coefficient (Wildman–Crippen LogP) is 3.39. The van der Waals surface area contributed by atoms with Gasteiger partial charge in [0.15, 0.2) is 0 Å². The Morgan fingerprint density at radius 2 is 1.94 bits per heavy atom. The number of halogens is 1. The number of pyridine rings is 1. The molecule has 2 aromatic rings. The minimum absolute atomic E-state index is 0.644. The molecule has 0 aliphatic carbocycles. The van der Waals surface area contributed by atoms with Crippen molar-refractivity contribution in [3.05, 3.63) is 64.9 Å². The minimum atomic E-state index is 0.644. The van der Waals surface area contributed by atoms with Gasteiger partial charge in [0.2, 0.25) is 0 Å². The summed E-state index contributed by atoms with van der Waals surface area (Å²) in [6.45, 7) is 0.644. The lowest BCUT2D eigenvalue weighted by Gasteiger charge is -2.08. The molecular formula is C14H13ClN2S. The van der Waals surface area contributed by atoms with Gasteiger partial charge >= 0.3 is 0 Å². The number of hydrogen-bond donors (Lipinski definition) is 1. The SMILES string of the molecule is S=C(Cc1ccccn1)NCc1ccccc1Cl. The molecule has 2 rings (SSSR count). The number of aromatic nitrogens is 1. The number of benzene rings is 1. The van der Waals surface area contributed by atoms with Gasteiger partial charge in [0.1, 0.15) is 0 Å². The first kappa shape index (κ1) is 13.0. The molecule has 0 bridgehead atoms. The summed E-state index contributed by atoms with van der Waals surface area (Å²) in [5.74, 6) is 0. The van der Waals surface area contributed by atoms with Gasteiger partial charge in [-0.2, -0.15) is 0 Å². The molecule has 1 aromatic heterocycles. The van der Waals surface area contributed by atoms with Crippen LogP contribution in [-0.2, 0) is 13.0 Å². The summed E-state index contributed by atoms with van der Waals surface area (Å²) in [5, 5.41) is 3.95. The molecule has 0 spiro atoms. The number of rotatable bonds is 4. The van der Waals surface area contributed by atoms with Crippen molar-refractivity contribution in [1.82, 2.24) is 10.3 Å². The Hall–Kier alpha value is -1.45. The average molecular weight is 277 g/mol. The zero-order valence-electron chi connectivity index (χ0n) is 9.77. The van der Waals surface area contributed by atoms with Crippen LogP contribution in [0.2, 0.25) is 5.02 Å². The van der Waals surface area contributed by atoms with E-state index in [0.29, 0.717) is 13.0 Å². The quantitative estimate of drug-likeness (QED) is 0.867. The highest BCUT2D eigenvalue weighted by Gasteiger charge is 2.02. The fraction of sp³-hybridized carbons (Fsp3) is 0.143. The Bertz CT molecular complexity index is 528. The van der Waals surface area contributed by atoms with E-state index in [1.54, 1.807) is 6.20 Å². The largest absolute Gasteiger partial charge is 0.375 e. The van der Waals surface area contributed by atoms with Crippen LogP contribution >= 0.6 is 23.8 Å². The van der Waals surface area contributed by atoms with Crippen LogP contribution in [0.3, 0.4) is 0 Å². The molecule has 2 nitrogen and oxygen atoms in total. The molecule has 1 heterocycles. The third-order valence-electron chi connectivity index (χ3n) is 2.50. The van der Waals surface area contributed by atoms with Crippen LogP contribution in [0.15, 0.2) is 48.7 Å². The molecule has 0 fully saturated rings. The topological polar surface area (TPSA) is 24.9 Å². The molecule has 0 unspecified atom stereocenters. The molecular weight excluding hydrogens is 264 g/mol. The van der Waals surface area contributed by atoms with Gasteiger partial charge in [0, 0.05) is 29.9 Å². The van der Waals surface area contributed by atoms with Crippen LogP contribution in [0.25, 0.3) is 0 Å². The molecule has 1 aromatic carbocycles. The molecule has 18 heavy (non-hydrogen) atoms. The summed E-state index contributed by atoms with van der Waals surface area (Å²) in [4.78, 5) is 5.01. The highest BCUT2D eigenvalue weighted by atomic mass is 35.5.